The number of benzene rings is 6. The zero-order valence-corrected chi connectivity index (χ0v) is 39.2. The van der Waals surface area contributed by atoms with E-state index in [1.54, 1.807) is 0 Å². The van der Waals surface area contributed by atoms with Crippen molar-refractivity contribution >= 4 is 76.1 Å². The second-order valence-electron chi connectivity index (χ2n) is 19.1. The van der Waals surface area contributed by atoms with E-state index in [-0.39, 0.29) is 37.3 Å². The van der Waals surface area contributed by atoms with E-state index >= 15 is 0 Å². The van der Waals surface area contributed by atoms with E-state index in [1.807, 2.05) is 35.7 Å². The third kappa shape index (κ3) is 7.22. The van der Waals surface area contributed by atoms with Gasteiger partial charge in [-0.2, -0.15) is 12.1 Å². The van der Waals surface area contributed by atoms with Gasteiger partial charge in [0.15, 0.2) is 0 Å². The number of hydrogen-bond acceptors (Lipinski definition) is 5. The maximum absolute atomic E-state index is 6.70. The molecule has 1 aliphatic heterocycles. The normalized spacial score (nSPS) is 13.4. The Kier molecular flexibility index (Phi) is 10.00. The number of aromatic nitrogens is 2. The van der Waals surface area contributed by atoms with Crippen molar-refractivity contribution in [2.75, 3.05) is 9.80 Å². The summed E-state index contributed by atoms with van der Waals surface area (Å²) >= 11 is 1.83. The molecule has 0 unspecified atom stereocenters. The molecule has 0 amide bonds. The molecule has 0 N–H and O–H groups in total. The van der Waals surface area contributed by atoms with Crippen LogP contribution in [-0.2, 0) is 37.3 Å². The molecule has 0 saturated carbocycles. The van der Waals surface area contributed by atoms with Crippen LogP contribution in [0.3, 0.4) is 0 Å². The number of anilines is 4. The van der Waals surface area contributed by atoms with Gasteiger partial charge in [-0.05, 0) is 86.2 Å². The molecular formula is C54H49N4OPtS-3. The molecule has 7 heteroatoms. The van der Waals surface area contributed by atoms with Gasteiger partial charge in [0.25, 0.3) is 0 Å². The van der Waals surface area contributed by atoms with Crippen molar-refractivity contribution in [2.24, 2.45) is 0 Å². The van der Waals surface area contributed by atoms with Gasteiger partial charge >= 0.3 is 0 Å². The van der Waals surface area contributed by atoms with Gasteiger partial charge in [0.05, 0.1) is 5.52 Å². The minimum absolute atomic E-state index is 0. The molecule has 0 atom stereocenters. The van der Waals surface area contributed by atoms with Crippen LogP contribution in [0.1, 0.15) is 79.0 Å². The maximum atomic E-state index is 6.70. The van der Waals surface area contributed by atoms with Gasteiger partial charge in [0, 0.05) is 70.6 Å². The molecule has 9 aromatic rings. The fourth-order valence-corrected chi connectivity index (χ4v) is 9.59. The standard InChI is InChI=1S/C54H49N4OS.Pt/c1-52(2,3)35-25-26-55-48(30-35)58-46-32-41(22-23-43(46)51-50(58)49-42-18-11-10-15-34(42)21-24-47(49)60-51)59-40-17-14-16-38(31-40)56-33-57(45-20-13-12-19-44(45)56)39-28-36(53(4,5)6)27-37(29-39)54(7,8)9;/h10-30,33H,1-9H3;/q-3;. The second-order valence-corrected chi connectivity index (χ2v) is 20.2. The molecule has 0 fully saturated rings. The maximum Gasteiger partial charge on any atom is 0.135 e. The zero-order chi connectivity index (χ0) is 41.7. The fraction of sp³-hybridized carbons (Fsp3) is 0.222. The summed E-state index contributed by atoms with van der Waals surface area (Å²) < 4.78 is 11.5. The first kappa shape index (κ1) is 41.0. The van der Waals surface area contributed by atoms with Gasteiger partial charge < -0.3 is 19.1 Å². The largest absolute Gasteiger partial charge is 0.509 e. The first-order valence-corrected chi connectivity index (χ1v) is 21.6. The van der Waals surface area contributed by atoms with Gasteiger partial charge in [-0.15, -0.1) is 54.0 Å². The average Bonchev–Trinajstić information content (AvgIpc) is 3.89. The van der Waals surface area contributed by atoms with E-state index in [2.05, 4.69) is 199 Å². The minimum atomic E-state index is -0.0435. The molecule has 1 aliphatic rings. The second kappa shape index (κ2) is 14.9. The average molecular weight is 997 g/mol. The molecule has 0 radical (unpaired) electrons. The summed E-state index contributed by atoms with van der Waals surface area (Å²) in [6.45, 7) is 22.6. The molecule has 0 bridgehead atoms. The Labute approximate surface area is 377 Å². The quantitative estimate of drug-likeness (QED) is 0.161. The third-order valence-corrected chi connectivity index (χ3v) is 13.0. The number of nitrogens with zero attached hydrogens (tertiary/aromatic N) is 4. The summed E-state index contributed by atoms with van der Waals surface area (Å²) in [5.41, 5.74) is 10.1. The topological polar surface area (TPSA) is 33.5 Å². The van der Waals surface area contributed by atoms with Crippen molar-refractivity contribution in [1.82, 2.24) is 9.55 Å². The van der Waals surface area contributed by atoms with Crippen LogP contribution in [0.4, 0.5) is 22.7 Å². The van der Waals surface area contributed by atoms with E-state index in [1.165, 1.54) is 42.2 Å². The predicted molar refractivity (Wildman–Crippen MR) is 253 cm³/mol. The summed E-state index contributed by atoms with van der Waals surface area (Å²) in [7, 11) is 0. The Morgan fingerprint density at radius 2 is 1.28 bits per heavy atom. The van der Waals surface area contributed by atoms with Crippen LogP contribution in [-0.4, -0.2) is 9.55 Å². The predicted octanol–water partition coefficient (Wildman–Crippen LogP) is 15.2. The van der Waals surface area contributed by atoms with Gasteiger partial charge in [-0.3, -0.25) is 0 Å². The number of hydrogen-bond donors (Lipinski definition) is 0. The molecule has 0 saturated heterocycles. The van der Waals surface area contributed by atoms with E-state index < -0.39 is 0 Å². The Hall–Kier alpha value is -5.42. The smallest absolute Gasteiger partial charge is 0.135 e. The van der Waals surface area contributed by atoms with Crippen molar-refractivity contribution in [3.63, 3.8) is 0 Å². The van der Waals surface area contributed by atoms with Crippen molar-refractivity contribution < 1.29 is 25.8 Å². The SMILES string of the molecule is CC(C)(C)c1cc(N2[CH-]N(c3[c-]c(Oc4[c-]c5c(cc4)c4sc6ccc7ccccc7c6c4n5-c4cc(C(C)(C)C)ccn4)ccc3)c3ccccc32)cc(C(C)(C)C)c1.[Pt]. The van der Waals surface area contributed by atoms with Crippen molar-refractivity contribution in [2.45, 2.75) is 78.6 Å². The summed E-state index contributed by atoms with van der Waals surface area (Å²) in [6.07, 6.45) is 1.93. The zero-order valence-electron chi connectivity index (χ0n) is 36.1. The summed E-state index contributed by atoms with van der Waals surface area (Å²) in [4.78, 5) is 9.51. The van der Waals surface area contributed by atoms with Crippen LogP contribution in [0.5, 0.6) is 11.5 Å². The van der Waals surface area contributed by atoms with Crippen molar-refractivity contribution in [3.05, 3.63) is 163 Å². The molecule has 6 aromatic carbocycles. The van der Waals surface area contributed by atoms with Crippen molar-refractivity contribution in [3.8, 4) is 17.3 Å². The molecule has 3 aromatic heterocycles. The number of ether oxygens (including phenoxy) is 1. The van der Waals surface area contributed by atoms with Crippen LogP contribution < -0.4 is 14.5 Å². The third-order valence-electron chi connectivity index (χ3n) is 11.8. The van der Waals surface area contributed by atoms with Gasteiger partial charge in [-0.1, -0.05) is 122 Å². The molecule has 0 aliphatic carbocycles. The monoisotopic (exact) mass is 996 g/mol. The number of rotatable bonds is 5. The molecular weight excluding hydrogens is 948 g/mol. The van der Waals surface area contributed by atoms with Crippen LogP contribution in [0.25, 0.3) is 47.8 Å². The molecule has 61 heavy (non-hydrogen) atoms. The Morgan fingerprint density at radius 3 is 2.00 bits per heavy atom. The summed E-state index contributed by atoms with van der Waals surface area (Å²) in [5, 5.41) is 4.81. The molecule has 0 spiro atoms. The Bertz CT molecular complexity index is 3110. The van der Waals surface area contributed by atoms with Crippen LogP contribution in [0, 0.1) is 18.8 Å². The van der Waals surface area contributed by atoms with E-state index in [9.17, 15) is 0 Å². The van der Waals surface area contributed by atoms with Crippen molar-refractivity contribution in [1.29, 1.82) is 0 Å². The van der Waals surface area contributed by atoms with Gasteiger partial charge in [-0.25, -0.2) is 4.98 Å². The number of fused-ring (bicyclic) bond motifs is 8. The van der Waals surface area contributed by atoms with E-state index in [0.29, 0.717) is 11.5 Å². The number of pyridine rings is 1. The molecule has 10 rings (SSSR count). The Balaban J connectivity index is 0.00000476. The number of para-hydroxylation sites is 2. The van der Waals surface area contributed by atoms with Gasteiger partial charge in [0.2, 0.25) is 0 Å². The van der Waals surface area contributed by atoms with Crippen LogP contribution in [0.2, 0.25) is 0 Å². The van der Waals surface area contributed by atoms with Crippen LogP contribution in [0.15, 0.2) is 128 Å². The summed E-state index contributed by atoms with van der Waals surface area (Å²) in [5.74, 6) is 2.10. The van der Waals surface area contributed by atoms with Gasteiger partial charge in [0.1, 0.15) is 5.82 Å². The van der Waals surface area contributed by atoms with E-state index in [4.69, 9.17) is 9.72 Å². The minimum Gasteiger partial charge on any atom is -0.509 e. The first-order chi connectivity index (χ1) is 28.6. The number of thiophene rings is 1. The molecule has 5 nitrogen and oxygen atoms in total. The Morgan fingerprint density at radius 1 is 0.607 bits per heavy atom. The molecule has 4 heterocycles. The molecule has 310 valence electrons. The van der Waals surface area contributed by atoms with E-state index in [0.717, 1.165) is 45.0 Å². The first-order valence-electron chi connectivity index (χ1n) is 20.8. The van der Waals surface area contributed by atoms with Crippen LogP contribution >= 0.6 is 11.3 Å². The summed E-state index contributed by atoms with van der Waals surface area (Å²) in [6, 6.07) is 50.7. The fourth-order valence-electron chi connectivity index (χ4n) is 8.36.